The molecule has 0 bridgehead atoms. The molecule has 5 rings (SSSR count). The van der Waals surface area contributed by atoms with Crippen molar-refractivity contribution in [2.24, 2.45) is 0 Å². The first-order valence-electron chi connectivity index (χ1n) is 11.2. The van der Waals surface area contributed by atoms with Crippen LogP contribution in [0, 0.1) is 18.8 Å². The molecule has 6 nitrogen and oxygen atoms in total. The zero-order valence-electron chi connectivity index (χ0n) is 18.6. The third kappa shape index (κ3) is 4.94. The van der Waals surface area contributed by atoms with Crippen LogP contribution in [0.15, 0.2) is 67.1 Å². The van der Waals surface area contributed by atoms with E-state index in [2.05, 4.69) is 44.3 Å². The Morgan fingerprint density at radius 2 is 1.97 bits per heavy atom. The monoisotopic (exact) mass is 435 g/mol. The van der Waals surface area contributed by atoms with Crippen LogP contribution >= 0.6 is 0 Å². The minimum atomic E-state index is -0.143. The van der Waals surface area contributed by atoms with Gasteiger partial charge in [0.25, 0.3) is 5.91 Å². The zero-order chi connectivity index (χ0) is 22.6. The summed E-state index contributed by atoms with van der Waals surface area (Å²) < 4.78 is 1.69. The van der Waals surface area contributed by atoms with E-state index in [1.54, 1.807) is 16.9 Å². The molecule has 2 aromatic carbocycles. The number of hydrogen-bond donors (Lipinski definition) is 1. The fourth-order valence-electron chi connectivity index (χ4n) is 4.06. The van der Waals surface area contributed by atoms with Gasteiger partial charge < -0.3 is 5.32 Å². The molecule has 0 unspecified atom stereocenters. The lowest BCUT2D eigenvalue weighted by molar-refractivity contribution is 0.102. The van der Waals surface area contributed by atoms with Gasteiger partial charge in [0.2, 0.25) is 0 Å². The van der Waals surface area contributed by atoms with Gasteiger partial charge in [-0.05, 0) is 68.2 Å². The highest BCUT2D eigenvalue weighted by molar-refractivity contribution is 6.04. The summed E-state index contributed by atoms with van der Waals surface area (Å²) in [6.07, 6.45) is 7.81. The third-order valence-corrected chi connectivity index (χ3v) is 5.88. The van der Waals surface area contributed by atoms with Crippen molar-refractivity contribution in [3.05, 3.63) is 94.9 Å². The Labute approximate surface area is 193 Å². The number of aromatic nitrogens is 3. The third-order valence-electron chi connectivity index (χ3n) is 5.88. The van der Waals surface area contributed by atoms with E-state index in [4.69, 9.17) is 0 Å². The molecule has 3 heterocycles. The molecule has 0 aliphatic carbocycles. The number of aryl methyl sites for hydroxylation is 1. The SMILES string of the molecule is Cc1ccc(C(=O)Nc2cccc(CN3CCCC3)c2)cc1C#Cc1cnc2ccnn2c1. The predicted octanol–water partition coefficient (Wildman–Crippen LogP) is 4.29. The second-order valence-corrected chi connectivity index (χ2v) is 8.39. The van der Waals surface area contributed by atoms with Crippen LogP contribution in [0.2, 0.25) is 0 Å². The molecule has 0 atom stereocenters. The van der Waals surface area contributed by atoms with E-state index >= 15 is 0 Å². The van der Waals surface area contributed by atoms with E-state index in [1.807, 2.05) is 49.5 Å². The molecule has 1 saturated heterocycles. The van der Waals surface area contributed by atoms with Crippen molar-refractivity contribution in [3.8, 4) is 11.8 Å². The largest absolute Gasteiger partial charge is 0.322 e. The van der Waals surface area contributed by atoms with Crippen LogP contribution in [0.3, 0.4) is 0 Å². The topological polar surface area (TPSA) is 62.5 Å². The van der Waals surface area contributed by atoms with Gasteiger partial charge in [0.1, 0.15) is 0 Å². The maximum absolute atomic E-state index is 12.9. The number of fused-ring (bicyclic) bond motifs is 1. The number of benzene rings is 2. The lowest BCUT2D eigenvalue weighted by Crippen LogP contribution is -2.18. The standard InChI is InChI=1S/C27H25N5O/c1-20-7-9-24(16-23(20)10-8-22-17-28-26-11-12-29-32(26)19-22)27(33)30-25-6-4-5-21(15-25)18-31-13-2-3-14-31/h4-7,9,11-12,15-17,19H,2-3,13-14,18H2,1H3,(H,30,33). The number of anilines is 1. The van der Waals surface area contributed by atoms with Crippen molar-refractivity contribution in [2.75, 3.05) is 18.4 Å². The molecule has 0 saturated carbocycles. The number of nitrogens with one attached hydrogen (secondary N) is 1. The molecule has 1 amide bonds. The number of nitrogens with zero attached hydrogens (tertiary/aromatic N) is 4. The van der Waals surface area contributed by atoms with E-state index in [0.29, 0.717) is 5.56 Å². The number of carbonyl (C=O) groups excluding carboxylic acids is 1. The normalized spacial score (nSPS) is 13.6. The summed E-state index contributed by atoms with van der Waals surface area (Å²) >= 11 is 0. The van der Waals surface area contributed by atoms with E-state index in [9.17, 15) is 4.79 Å². The molecule has 0 radical (unpaired) electrons. The molecule has 1 aliphatic rings. The Kier molecular flexibility index (Phi) is 5.88. The number of amides is 1. The van der Waals surface area contributed by atoms with Crippen molar-refractivity contribution in [1.82, 2.24) is 19.5 Å². The second kappa shape index (κ2) is 9.27. The van der Waals surface area contributed by atoms with Crippen LogP contribution in [0.4, 0.5) is 5.69 Å². The molecular formula is C27H25N5O. The highest BCUT2D eigenvalue weighted by atomic mass is 16.1. The molecule has 1 aliphatic heterocycles. The summed E-state index contributed by atoms with van der Waals surface area (Å²) in [6.45, 7) is 5.21. The van der Waals surface area contributed by atoms with Crippen LogP contribution in [-0.2, 0) is 6.54 Å². The molecule has 33 heavy (non-hydrogen) atoms. The van der Waals surface area contributed by atoms with Gasteiger partial charge in [-0.25, -0.2) is 9.50 Å². The molecular weight excluding hydrogens is 410 g/mol. The van der Waals surface area contributed by atoms with Gasteiger partial charge >= 0.3 is 0 Å². The lowest BCUT2D eigenvalue weighted by Gasteiger charge is -2.15. The molecule has 1 N–H and O–H groups in total. The minimum absolute atomic E-state index is 0.143. The van der Waals surface area contributed by atoms with Gasteiger partial charge in [0.05, 0.1) is 11.8 Å². The minimum Gasteiger partial charge on any atom is -0.322 e. The Hall–Kier alpha value is -3.95. The molecule has 0 spiro atoms. The van der Waals surface area contributed by atoms with Gasteiger partial charge in [-0.1, -0.05) is 30.0 Å². The Morgan fingerprint density at radius 1 is 1.09 bits per heavy atom. The number of rotatable bonds is 4. The van der Waals surface area contributed by atoms with Crippen LogP contribution in [0.5, 0.6) is 0 Å². The fourth-order valence-corrected chi connectivity index (χ4v) is 4.06. The summed E-state index contributed by atoms with van der Waals surface area (Å²) in [6, 6.07) is 15.5. The highest BCUT2D eigenvalue weighted by Gasteiger charge is 2.13. The molecule has 4 aromatic rings. The summed E-state index contributed by atoms with van der Waals surface area (Å²) in [5.41, 5.74) is 5.97. The predicted molar refractivity (Wildman–Crippen MR) is 129 cm³/mol. The molecule has 2 aromatic heterocycles. The van der Waals surface area contributed by atoms with Crippen molar-refractivity contribution >= 4 is 17.2 Å². The van der Waals surface area contributed by atoms with E-state index in [1.165, 1.54) is 18.4 Å². The van der Waals surface area contributed by atoms with Crippen molar-refractivity contribution in [3.63, 3.8) is 0 Å². The van der Waals surface area contributed by atoms with Gasteiger partial charge in [0, 0.05) is 41.8 Å². The van der Waals surface area contributed by atoms with Gasteiger partial charge in [-0.3, -0.25) is 9.69 Å². The Morgan fingerprint density at radius 3 is 2.85 bits per heavy atom. The second-order valence-electron chi connectivity index (χ2n) is 8.39. The summed E-state index contributed by atoms with van der Waals surface area (Å²) in [5, 5.41) is 7.23. The van der Waals surface area contributed by atoms with Crippen LogP contribution in [-0.4, -0.2) is 38.5 Å². The van der Waals surface area contributed by atoms with E-state index in [0.717, 1.165) is 47.7 Å². The Balaban J connectivity index is 1.32. The van der Waals surface area contributed by atoms with Crippen LogP contribution in [0.25, 0.3) is 5.65 Å². The zero-order valence-corrected chi connectivity index (χ0v) is 18.6. The first kappa shape index (κ1) is 20.9. The lowest BCUT2D eigenvalue weighted by atomic mass is 10.0. The summed E-state index contributed by atoms with van der Waals surface area (Å²) in [7, 11) is 0. The van der Waals surface area contributed by atoms with Crippen molar-refractivity contribution in [1.29, 1.82) is 0 Å². The fraction of sp³-hybridized carbons (Fsp3) is 0.222. The van der Waals surface area contributed by atoms with E-state index < -0.39 is 0 Å². The highest BCUT2D eigenvalue weighted by Crippen LogP contribution is 2.18. The van der Waals surface area contributed by atoms with Crippen molar-refractivity contribution in [2.45, 2.75) is 26.3 Å². The first-order chi connectivity index (χ1) is 16.1. The smallest absolute Gasteiger partial charge is 0.255 e. The van der Waals surface area contributed by atoms with Gasteiger partial charge in [-0.15, -0.1) is 0 Å². The number of carbonyl (C=O) groups is 1. The van der Waals surface area contributed by atoms with Crippen molar-refractivity contribution < 1.29 is 4.79 Å². The number of hydrogen-bond acceptors (Lipinski definition) is 4. The summed E-state index contributed by atoms with van der Waals surface area (Å²) in [5.74, 6) is 6.17. The molecule has 1 fully saturated rings. The average molecular weight is 436 g/mol. The molecule has 164 valence electrons. The first-order valence-corrected chi connectivity index (χ1v) is 11.2. The summed E-state index contributed by atoms with van der Waals surface area (Å²) in [4.78, 5) is 19.7. The molecule has 6 heteroatoms. The van der Waals surface area contributed by atoms with E-state index in [-0.39, 0.29) is 5.91 Å². The number of likely N-dealkylation sites (tertiary alicyclic amines) is 1. The average Bonchev–Trinajstić information content (AvgIpc) is 3.50. The maximum atomic E-state index is 12.9. The van der Waals surface area contributed by atoms with Gasteiger partial charge in [-0.2, -0.15) is 5.10 Å². The Bertz CT molecular complexity index is 1370. The maximum Gasteiger partial charge on any atom is 0.255 e. The van der Waals surface area contributed by atoms with Crippen LogP contribution < -0.4 is 5.32 Å². The van der Waals surface area contributed by atoms with Gasteiger partial charge in [0.15, 0.2) is 5.65 Å². The van der Waals surface area contributed by atoms with Crippen LogP contribution in [0.1, 0.15) is 45.5 Å². The quantitative estimate of drug-likeness (QED) is 0.486.